The third kappa shape index (κ3) is 3.02. The zero-order valence-corrected chi connectivity index (χ0v) is 14.3. The minimum absolute atomic E-state index is 0.0725. The Morgan fingerprint density at radius 1 is 1.20 bits per heavy atom. The first kappa shape index (κ1) is 16.2. The number of nitrogens with one attached hydrogen (secondary N) is 1. The summed E-state index contributed by atoms with van der Waals surface area (Å²) in [5.41, 5.74) is 9.14. The summed E-state index contributed by atoms with van der Waals surface area (Å²) >= 11 is 0. The first-order valence-corrected chi connectivity index (χ1v) is 9.05. The number of hydrogen-bond acceptors (Lipinski definition) is 3. The molecule has 2 aliphatic carbocycles. The molecule has 1 spiro atoms. The normalized spacial score (nSPS) is 23.8. The molecule has 2 aromatic carbocycles. The predicted molar refractivity (Wildman–Crippen MR) is 98.8 cm³/mol. The Hall–Kier alpha value is -2.33. The smallest absolute Gasteiger partial charge is 0.228 e. The van der Waals surface area contributed by atoms with Crippen LogP contribution in [0.4, 0.5) is 5.69 Å². The molecule has 2 aliphatic rings. The first-order chi connectivity index (χ1) is 12.2. The number of benzene rings is 2. The number of anilines is 1. The number of fused-ring (bicyclic) bond motifs is 2. The van der Waals surface area contributed by atoms with E-state index in [1.165, 1.54) is 17.5 Å². The maximum atomic E-state index is 12.8. The number of rotatable bonds is 5. The van der Waals surface area contributed by atoms with Gasteiger partial charge < -0.3 is 15.8 Å². The van der Waals surface area contributed by atoms with E-state index in [1.807, 2.05) is 24.3 Å². The van der Waals surface area contributed by atoms with Gasteiger partial charge in [0, 0.05) is 23.6 Å². The van der Waals surface area contributed by atoms with Gasteiger partial charge in [0.25, 0.3) is 0 Å². The predicted octanol–water partition coefficient (Wildman–Crippen LogP) is 3.26. The lowest BCUT2D eigenvalue weighted by atomic mass is 9.78. The van der Waals surface area contributed by atoms with Crippen LogP contribution in [0.5, 0.6) is 5.75 Å². The van der Waals surface area contributed by atoms with Gasteiger partial charge in [-0.2, -0.15) is 0 Å². The molecule has 1 saturated carbocycles. The molecule has 2 atom stereocenters. The number of carbonyl (C=O) groups excluding carboxylic acids is 1. The molecule has 130 valence electrons. The summed E-state index contributed by atoms with van der Waals surface area (Å²) in [6.45, 7) is 0.986. The van der Waals surface area contributed by atoms with Crippen molar-refractivity contribution in [3.05, 3.63) is 59.7 Å². The van der Waals surface area contributed by atoms with Crippen LogP contribution in [0.2, 0.25) is 0 Å². The summed E-state index contributed by atoms with van der Waals surface area (Å²) in [6, 6.07) is 16.1. The second kappa shape index (κ2) is 6.52. The molecule has 0 aliphatic heterocycles. The van der Waals surface area contributed by atoms with Crippen LogP contribution < -0.4 is 15.8 Å². The monoisotopic (exact) mass is 336 g/mol. The van der Waals surface area contributed by atoms with E-state index in [1.54, 1.807) is 0 Å². The second-order valence-electron chi connectivity index (χ2n) is 7.07. The molecule has 1 fully saturated rings. The van der Waals surface area contributed by atoms with Crippen molar-refractivity contribution in [2.24, 2.45) is 11.7 Å². The molecule has 4 nitrogen and oxygen atoms in total. The molecule has 2 unspecified atom stereocenters. The Morgan fingerprint density at radius 2 is 2.00 bits per heavy atom. The molecular formula is C21H24N2O2. The Kier molecular flexibility index (Phi) is 4.22. The minimum Gasteiger partial charge on any atom is -0.492 e. The van der Waals surface area contributed by atoms with Crippen molar-refractivity contribution in [1.82, 2.24) is 0 Å². The number of amides is 1. The molecule has 3 N–H and O–H groups in total. The topological polar surface area (TPSA) is 64.3 Å². The molecule has 4 rings (SSSR count). The number of hydrogen-bond donors (Lipinski definition) is 2. The number of carbonyl (C=O) groups is 1. The molecule has 0 heterocycles. The highest BCUT2D eigenvalue weighted by molar-refractivity contribution is 5.96. The second-order valence-corrected chi connectivity index (χ2v) is 7.07. The van der Waals surface area contributed by atoms with Crippen LogP contribution in [-0.4, -0.2) is 19.1 Å². The molecular weight excluding hydrogens is 312 g/mol. The van der Waals surface area contributed by atoms with Gasteiger partial charge in [0.2, 0.25) is 5.91 Å². The van der Waals surface area contributed by atoms with E-state index >= 15 is 0 Å². The Balaban J connectivity index is 1.44. The third-order valence-corrected chi connectivity index (χ3v) is 5.52. The van der Waals surface area contributed by atoms with Crippen molar-refractivity contribution >= 4 is 11.6 Å². The van der Waals surface area contributed by atoms with Gasteiger partial charge in [-0.25, -0.2) is 0 Å². The van der Waals surface area contributed by atoms with Crippen molar-refractivity contribution in [1.29, 1.82) is 0 Å². The molecule has 0 aromatic heterocycles. The van der Waals surface area contributed by atoms with Gasteiger partial charge in [0.05, 0.1) is 0 Å². The van der Waals surface area contributed by atoms with E-state index in [-0.39, 0.29) is 17.2 Å². The minimum atomic E-state index is 0.0725. The largest absolute Gasteiger partial charge is 0.492 e. The van der Waals surface area contributed by atoms with Gasteiger partial charge in [-0.1, -0.05) is 24.3 Å². The van der Waals surface area contributed by atoms with Gasteiger partial charge >= 0.3 is 0 Å². The zero-order chi connectivity index (χ0) is 17.3. The lowest BCUT2D eigenvalue weighted by molar-refractivity contribution is -0.117. The van der Waals surface area contributed by atoms with Gasteiger partial charge in [-0.15, -0.1) is 0 Å². The fourth-order valence-electron chi connectivity index (χ4n) is 4.22. The van der Waals surface area contributed by atoms with Gasteiger partial charge in [-0.3, -0.25) is 4.79 Å². The number of nitrogens with two attached hydrogens (primary N) is 1. The molecule has 0 bridgehead atoms. The summed E-state index contributed by atoms with van der Waals surface area (Å²) in [5.74, 6) is 0.988. The molecule has 2 aromatic rings. The summed E-state index contributed by atoms with van der Waals surface area (Å²) < 4.78 is 5.47. The van der Waals surface area contributed by atoms with E-state index in [0.717, 1.165) is 30.7 Å². The van der Waals surface area contributed by atoms with E-state index < -0.39 is 0 Å². The van der Waals surface area contributed by atoms with Gasteiger partial charge in [0.1, 0.15) is 12.4 Å². The number of ether oxygens (including phenoxy) is 1. The highest BCUT2D eigenvalue weighted by Crippen LogP contribution is 2.60. The van der Waals surface area contributed by atoms with Crippen molar-refractivity contribution in [3.63, 3.8) is 0 Å². The van der Waals surface area contributed by atoms with Crippen LogP contribution in [0.25, 0.3) is 0 Å². The molecule has 0 radical (unpaired) electrons. The van der Waals surface area contributed by atoms with Crippen molar-refractivity contribution in [3.8, 4) is 5.75 Å². The maximum absolute atomic E-state index is 12.8. The lowest BCUT2D eigenvalue weighted by Crippen LogP contribution is -2.24. The highest BCUT2D eigenvalue weighted by atomic mass is 16.5. The SMILES string of the molecule is NCCOc1ccc(NC(=O)C2CC23CCCc2ccccc23)cc1. The van der Waals surface area contributed by atoms with Crippen molar-refractivity contribution in [2.75, 3.05) is 18.5 Å². The highest BCUT2D eigenvalue weighted by Gasteiger charge is 2.59. The average molecular weight is 336 g/mol. The van der Waals surface area contributed by atoms with E-state index in [0.29, 0.717) is 13.2 Å². The number of aryl methyl sites for hydroxylation is 1. The van der Waals surface area contributed by atoms with Crippen LogP contribution in [-0.2, 0) is 16.6 Å². The summed E-state index contributed by atoms with van der Waals surface area (Å²) in [7, 11) is 0. The fourth-order valence-corrected chi connectivity index (χ4v) is 4.22. The Labute approximate surface area is 148 Å². The first-order valence-electron chi connectivity index (χ1n) is 9.05. The third-order valence-electron chi connectivity index (χ3n) is 5.52. The van der Waals surface area contributed by atoms with Crippen LogP contribution in [0, 0.1) is 5.92 Å². The standard InChI is InChI=1S/C21H24N2O2/c22-12-13-25-17-9-7-16(8-10-17)23-20(24)19-14-21(19)11-3-5-15-4-1-2-6-18(15)21/h1-2,4,6-10,19H,3,5,11-14,22H2,(H,23,24). The van der Waals surface area contributed by atoms with Crippen LogP contribution in [0.15, 0.2) is 48.5 Å². The molecule has 0 saturated heterocycles. The van der Waals surface area contributed by atoms with Crippen molar-refractivity contribution in [2.45, 2.75) is 31.1 Å². The van der Waals surface area contributed by atoms with Crippen molar-refractivity contribution < 1.29 is 9.53 Å². The molecule has 1 amide bonds. The van der Waals surface area contributed by atoms with Crippen LogP contribution >= 0.6 is 0 Å². The summed E-state index contributed by atoms with van der Waals surface area (Å²) in [6.07, 6.45) is 4.39. The van der Waals surface area contributed by atoms with Crippen LogP contribution in [0.1, 0.15) is 30.4 Å². The maximum Gasteiger partial charge on any atom is 0.228 e. The van der Waals surface area contributed by atoms with Gasteiger partial charge in [0.15, 0.2) is 0 Å². The van der Waals surface area contributed by atoms with E-state index in [9.17, 15) is 4.79 Å². The Bertz CT molecular complexity index is 772. The van der Waals surface area contributed by atoms with E-state index in [2.05, 4.69) is 29.6 Å². The van der Waals surface area contributed by atoms with Gasteiger partial charge in [-0.05, 0) is 61.1 Å². The molecule has 4 heteroatoms. The summed E-state index contributed by atoms with van der Waals surface area (Å²) in [5, 5.41) is 3.07. The quantitative estimate of drug-likeness (QED) is 0.881. The molecule has 25 heavy (non-hydrogen) atoms. The fraction of sp³-hybridized carbons (Fsp3) is 0.381. The Morgan fingerprint density at radius 3 is 2.80 bits per heavy atom. The van der Waals surface area contributed by atoms with E-state index in [4.69, 9.17) is 10.5 Å². The zero-order valence-electron chi connectivity index (χ0n) is 14.3. The lowest BCUT2D eigenvalue weighted by Gasteiger charge is -2.26. The summed E-state index contributed by atoms with van der Waals surface area (Å²) in [4.78, 5) is 12.8. The average Bonchev–Trinajstić information content (AvgIpc) is 3.36. The van der Waals surface area contributed by atoms with Crippen LogP contribution in [0.3, 0.4) is 0 Å².